The summed E-state index contributed by atoms with van der Waals surface area (Å²) >= 11 is 0. The van der Waals surface area contributed by atoms with Gasteiger partial charge in [0.1, 0.15) is 6.54 Å². The minimum absolute atomic E-state index is 0.0122. The van der Waals surface area contributed by atoms with E-state index in [1.54, 1.807) is 19.0 Å². The van der Waals surface area contributed by atoms with E-state index in [1.807, 2.05) is 13.0 Å². The van der Waals surface area contributed by atoms with E-state index in [9.17, 15) is 4.79 Å². The van der Waals surface area contributed by atoms with E-state index in [0.29, 0.717) is 5.92 Å². The number of amides is 1. The van der Waals surface area contributed by atoms with Gasteiger partial charge in [-0.3, -0.25) is 4.79 Å². The lowest BCUT2D eigenvalue weighted by molar-refractivity contribution is -0.127. The smallest absolute Gasteiger partial charge is 0.243 e. The molecule has 0 aromatic heterocycles. The van der Waals surface area contributed by atoms with Crippen LogP contribution in [-0.2, 0) is 9.53 Å². The van der Waals surface area contributed by atoms with Crippen LogP contribution in [0.3, 0.4) is 0 Å². The maximum absolute atomic E-state index is 12.0. The number of nitrogens with zero attached hydrogens (tertiary/aromatic N) is 4. The van der Waals surface area contributed by atoms with Gasteiger partial charge < -0.3 is 24.8 Å². The molecule has 0 saturated carbocycles. The second kappa shape index (κ2) is 12.3. The van der Waals surface area contributed by atoms with Gasteiger partial charge in [0.25, 0.3) is 0 Å². The van der Waals surface area contributed by atoms with Crippen molar-refractivity contribution in [2.24, 2.45) is 10.9 Å². The second-order valence-electron chi connectivity index (χ2n) is 7.73. The zero-order valence-electron chi connectivity index (χ0n) is 18.4. The number of benzene rings is 1. The number of rotatable bonds is 10. The molecule has 1 fully saturated rings. The Kier molecular flexibility index (Phi) is 9.77. The van der Waals surface area contributed by atoms with Crippen LogP contribution in [0.25, 0.3) is 0 Å². The molecule has 1 atom stereocenters. The van der Waals surface area contributed by atoms with E-state index in [-0.39, 0.29) is 12.5 Å². The van der Waals surface area contributed by atoms with Gasteiger partial charge in [0, 0.05) is 65.5 Å². The van der Waals surface area contributed by atoms with Crippen LogP contribution in [0.2, 0.25) is 0 Å². The molecule has 0 radical (unpaired) electrons. The van der Waals surface area contributed by atoms with Crippen molar-refractivity contribution < 1.29 is 9.53 Å². The SMILES string of the molecule is CCOCC1CCN(C(=NCC(=O)N(C)C)NCCCN(C)c2ccccc2)C1. The highest BCUT2D eigenvalue weighted by Gasteiger charge is 2.25. The Morgan fingerprint density at radius 1 is 1.28 bits per heavy atom. The fourth-order valence-electron chi connectivity index (χ4n) is 3.33. The van der Waals surface area contributed by atoms with Crippen molar-refractivity contribution in [3.63, 3.8) is 0 Å². The largest absolute Gasteiger partial charge is 0.381 e. The quantitative estimate of drug-likeness (QED) is 0.367. The average Bonchev–Trinajstić information content (AvgIpc) is 3.20. The molecule has 0 aliphatic carbocycles. The molecule has 1 N–H and O–H groups in total. The first-order valence-electron chi connectivity index (χ1n) is 10.6. The number of likely N-dealkylation sites (N-methyl/N-ethyl adjacent to an activating group) is 1. The zero-order chi connectivity index (χ0) is 21.1. The summed E-state index contributed by atoms with van der Waals surface area (Å²) in [6.45, 7) is 7.38. The predicted octanol–water partition coefficient (Wildman–Crippen LogP) is 1.91. The average molecular weight is 404 g/mol. The minimum atomic E-state index is 0.0122. The van der Waals surface area contributed by atoms with Gasteiger partial charge >= 0.3 is 0 Å². The van der Waals surface area contributed by atoms with E-state index in [0.717, 1.165) is 58.2 Å². The molecule has 1 aromatic carbocycles. The molecule has 7 nitrogen and oxygen atoms in total. The molecule has 1 unspecified atom stereocenters. The van der Waals surface area contributed by atoms with Gasteiger partial charge in [-0.2, -0.15) is 0 Å². The van der Waals surface area contributed by atoms with Crippen molar-refractivity contribution in [1.82, 2.24) is 15.1 Å². The molecule has 1 amide bonds. The summed E-state index contributed by atoms with van der Waals surface area (Å²) in [5.74, 6) is 1.37. The van der Waals surface area contributed by atoms with Gasteiger partial charge in [0.2, 0.25) is 5.91 Å². The number of nitrogens with one attached hydrogen (secondary N) is 1. The number of carbonyl (C=O) groups is 1. The van der Waals surface area contributed by atoms with Crippen molar-refractivity contribution in [3.05, 3.63) is 30.3 Å². The first kappa shape index (κ1) is 23.0. The molecule has 0 bridgehead atoms. The van der Waals surface area contributed by atoms with E-state index < -0.39 is 0 Å². The van der Waals surface area contributed by atoms with Gasteiger partial charge in [-0.05, 0) is 31.9 Å². The number of hydrogen-bond donors (Lipinski definition) is 1. The first-order chi connectivity index (χ1) is 14.0. The molecule has 29 heavy (non-hydrogen) atoms. The van der Waals surface area contributed by atoms with E-state index in [2.05, 4.69) is 51.4 Å². The fourth-order valence-corrected chi connectivity index (χ4v) is 3.33. The highest BCUT2D eigenvalue weighted by Crippen LogP contribution is 2.17. The summed E-state index contributed by atoms with van der Waals surface area (Å²) in [5, 5.41) is 3.48. The van der Waals surface area contributed by atoms with Crippen molar-refractivity contribution >= 4 is 17.6 Å². The van der Waals surface area contributed by atoms with Gasteiger partial charge in [0.15, 0.2) is 5.96 Å². The normalized spacial score (nSPS) is 16.8. The molecule has 2 rings (SSSR count). The van der Waals surface area contributed by atoms with Crippen molar-refractivity contribution in [1.29, 1.82) is 0 Å². The molecule has 1 heterocycles. The number of guanidine groups is 1. The summed E-state index contributed by atoms with van der Waals surface area (Å²) < 4.78 is 5.59. The summed E-state index contributed by atoms with van der Waals surface area (Å²) in [6.07, 6.45) is 2.08. The minimum Gasteiger partial charge on any atom is -0.381 e. The maximum atomic E-state index is 12.0. The van der Waals surface area contributed by atoms with Crippen LogP contribution in [0.5, 0.6) is 0 Å². The predicted molar refractivity (Wildman–Crippen MR) is 120 cm³/mol. The molecule has 7 heteroatoms. The lowest BCUT2D eigenvalue weighted by atomic mass is 10.1. The van der Waals surface area contributed by atoms with Crippen LogP contribution in [0, 0.1) is 5.92 Å². The van der Waals surface area contributed by atoms with Gasteiger partial charge in [-0.25, -0.2) is 4.99 Å². The number of anilines is 1. The van der Waals surface area contributed by atoms with E-state index in [4.69, 9.17) is 4.74 Å². The van der Waals surface area contributed by atoms with Crippen LogP contribution in [0.4, 0.5) is 5.69 Å². The second-order valence-corrected chi connectivity index (χ2v) is 7.73. The van der Waals surface area contributed by atoms with E-state index in [1.165, 1.54) is 5.69 Å². The summed E-state index contributed by atoms with van der Waals surface area (Å²) in [7, 11) is 5.63. The van der Waals surface area contributed by atoms with Crippen LogP contribution in [0.1, 0.15) is 19.8 Å². The standard InChI is InChI=1S/C22H37N5O2/c1-5-29-18-19-12-15-27(17-19)22(24-16-21(28)25(2)3)23-13-9-14-26(4)20-10-7-6-8-11-20/h6-8,10-11,19H,5,9,12-18H2,1-4H3,(H,23,24). The number of aliphatic imine (C=N–C) groups is 1. The molecule has 1 aliphatic rings. The molecular formula is C22H37N5O2. The Balaban J connectivity index is 1.86. The summed E-state index contributed by atoms with van der Waals surface area (Å²) in [6, 6.07) is 10.4. The Morgan fingerprint density at radius 3 is 2.72 bits per heavy atom. The van der Waals surface area contributed by atoms with Crippen LogP contribution >= 0.6 is 0 Å². The molecule has 1 saturated heterocycles. The van der Waals surface area contributed by atoms with Gasteiger partial charge in [0.05, 0.1) is 6.61 Å². The number of ether oxygens (including phenoxy) is 1. The third kappa shape index (κ3) is 7.93. The van der Waals surface area contributed by atoms with Crippen molar-refractivity contribution in [2.75, 3.05) is 72.0 Å². The first-order valence-corrected chi connectivity index (χ1v) is 10.6. The molecule has 1 aliphatic heterocycles. The Labute approximate surface area is 175 Å². The third-order valence-electron chi connectivity index (χ3n) is 5.16. The molecular weight excluding hydrogens is 366 g/mol. The molecule has 1 aromatic rings. The number of hydrogen-bond acceptors (Lipinski definition) is 4. The van der Waals surface area contributed by atoms with Crippen LogP contribution in [-0.4, -0.2) is 88.7 Å². The lowest BCUT2D eigenvalue weighted by Gasteiger charge is -2.24. The Morgan fingerprint density at radius 2 is 2.03 bits per heavy atom. The van der Waals surface area contributed by atoms with Gasteiger partial charge in [-0.15, -0.1) is 0 Å². The molecule has 0 spiro atoms. The third-order valence-corrected chi connectivity index (χ3v) is 5.16. The van der Waals surface area contributed by atoms with Crippen LogP contribution < -0.4 is 10.2 Å². The zero-order valence-corrected chi connectivity index (χ0v) is 18.4. The fraction of sp³-hybridized carbons (Fsp3) is 0.636. The number of para-hydroxylation sites is 1. The van der Waals surface area contributed by atoms with E-state index >= 15 is 0 Å². The van der Waals surface area contributed by atoms with Gasteiger partial charge in [-0.1, -0.05) is 18.2 Å². The summed E-state index contributed by atoms with van der Waals surface area (Å²) in [4.78, 5) is 22.7. The number of likely N-dealkylation sites (tertiary alicyclic amines) is 1. The Bertz CT molecular complexity index is 635. The summed E-state index contributed by atoms with van der Waals surface area (Å²) in [5.41, 5.74) is 1.22. The van der Waals surface area contributed by atoms with Crippen molar-refractivity contribution in [3.8, 4) is 0 Å². The Hall–Kier alpha value is -2.28. The monoisotopic (exact) mass is 403 g/mol. The topological polar surface area (TPSA) is 60.4 Å². The van der Waals surface area contributed by atoms with Crippen LogP contribution in [0.15, 0.2) is 35.3 Å². The lowest BCUT2D eigenvalue weighted by Crippen LogP contribution is -2.42. The highest BCUT2D eigenvalue weighted by atomic mass is 16.5. The highest BCUT2D eigenvalue weighted by molar-refractivity contribution is 5.85. The molecule has 162 valence electrons. The maximum Gasteiger partial charge on any atom is 0.243 e. The van der Waals surface area contributed by atoms with Crippen molar-refractivity contribution in [2.45, 2.75) is 19.8 Å². The number of carbonyl (C=O) groups excluding carboxylic acids is 1.